The van der Waals surface area contributed by atoms with Gasteiger partial charge in [0.05, 0.1) is 0 Å². The topological polar surface area (TPSA) is 66.6 Å². The summed E-state index contributed by atoms with van der Waals surface area (Å²) in [6.07, 6.45) is -4.35. The van der Waals surface area contributed by atoms with E-state index in [1.165, 1.54) is 14.1 Å². The van der Waals surface area contributed by atoms with Crippen molar-refractivity contribution < 1.29 is 22.8 Å². The zero-order chi connectivity index (χ0) is 15.2. The fraction of sp³-hybridized carbons (Fsp3) is 0.818. The van der Waals surface area contributed by atoms with Crippen LogP contribution in [0.5, 0.6) is 0 Å². The van der Waals surface area contributed by atoms with Gasteiger partial charge in [-0.2, -0.15) is 13.2 Å². The predicted molar refractivity (Wildman–Crippen MR) is 64.2 cm³/mol. The van der Waals surface area contributed by atoms with Gasteiger partial charge in [-0.1, -0.05) is 0 Å². The third-order valence-corrected chi connectivity index (χ3v) is 2.36. The van der Waals surface area contributed by atoms with Crippen LogP contribution in [0.2, 0.25) is 0 Å². The lowest BCUT2D eigenvalue weighted by Gasteiger charge is -2.25. The molecule has 0 bridgehead atoms. The molecule has 0 aliphatic rings. The lowest BCUT2D eigenvalue weighted by atomic mass is 10.2. The number of nitrogens with zero attached hydrogens (tertiary/aromatic N) is 2. The highest BCUT2D eigenvalue weighted by Crippen LogP contribution is 2.17. The molecule has 0 aliphatic carbocycles. The molecule has 19 heavy (non-hydrogen) atoms. The Morgan fingerprint density at radius 1 is 1.21 bits per heavy atom. The van der Waals surface area contributed by atoms with E-state index in [9.17, 15) is 22.8 Å². The van der Waals surface area contributed by atoms with Crippen molar-refractivity contribution in [3.8, 4) is 0 Å². The number of alkyl halides is 3. The van der Waals surface area contributed by atoms with E-state index in [0.29, 0.717) is 4.90 Å². The average molecular weight is 283 g/mol. The third kappa shape index (κ3) is 8.41. The van der Waals surface area contributed by atoms with Gasteiger partial charge in [-0.05, 0) is 13.3 Å². The quantitative estimate of drug-likeness (QED) is 0.776. The lowest BCUT2D eigenvalue weighted by molar-refractivity contribution is -0.164. The molecule has 0 spiro atoms. The van der Waals surface area contributed by atoms with Gasteiger partial charge < -0.3 is 15.5 Å². The van der Waals surface area contributed by atoms with Crippen LogP contribution in [0.1, 0.15) is 19.8 Å². The number of hydrogen-bond acceptors (Lipinski definition) is 3. The van der Waals surface area contributed by atoms with Crippen molar-refractivity contribution in [3.63, 3.8) is 0 Å². The standard InChI is InChI=1S/C11H20F3N3O2/c1-8(15)4-5-9(18)17(7-11(12,13)14)6-10(19)16(2)3/h8H,4-7,15H2,1-3H3. The van der Waals surface area contributed by atoms with E-state index in [0.717, 1.165) is 4.90 Å². The Labute approximate surface area is 110 Å². The first kappa shape index (κ1) is 17.7. The first-order valence-electron chi connectivity index (χ1n) is 5.83. The molecule has 0 rings (SSSR count). The van der Waals surface area contributed by atoms with Crippen molar-refractivity contribution in [2.75, 3.05) is 27.2 Å². The number of likely N-dealkylation sites (N-methyl/N-ethyl adjacent to an activating group) is 1. The maximum atomic E-state index is 12.4. The van der Waals surface area contributed by atoms with Crippen LogP contribution in [0.25, 0.3) is 0 Å². The van der Waals surface area contributed by atoms with Crippen LogP contribution in [-0.4, -0.2) is 61.0 Å². The number of rotatable bonds is 6. The second kappa shape index (κ2) is 7.32. The Morgan fingerprint density at radius 2 is 1.74 bits per heavy atom. The Kier molecular flexibility index (Phi) is 6.82. The molecule has 112 valence electrons. The summed E-state index contributed by atoms with van der Waals surface area (Å²) in [6.45, 7) is -0.346. The zero-order valence-electron chi connectivity index (χ0n) is 11.3. The lowest BCUT2D eigenvalue weighted by Crippen LogP contribution is -2.45. The number of nitrogens with two attached hydrogens (primary N) is 1. The van der Waals surface area contributed by atoms with Crippen molar-refractivity contribution in [2.45, 2.75) is 32.0 Å². The van der Waals surface area contributed by atoms with Gasteiger partial charge in [0.1, 0.15) is 13.1 Å². The van der Waals surface area contributed by atoms with Crippen molar-refractivity contribution >= 4 is 11.8 Å². The van der Waals surface area contributed by atoms with Gasteiger partial charge in [-0.3, -0.25) is 9.59 Å². The van der Waals surface area contributed by atoms with Crippen LogP contribution in [0.15, 0.2) is 0 Å². The Morgan fingerprint density at radius 3 is 2.11 bits per heavy atom. The van der Waals surface area contributed by atoms with E-state index in [1.54, 1.807) is 6.92 Å². The molecule has 2 amide bonds. The predicted octanol–water partition coefficient (Wildman–Crippen LogP) is 0.593. The van der Waals surface area contributed by atoms with Crippen molar-refractivity contribution in [2.24, 2.45) is 5.73 Å². The molecule has 0 fully saturated rings. The van der Waals surface area contributed by atoms with Crippen LogP contribution in [0.3, 0.4) is 0 Å². The van der Waals surface area contributed by atoms with Gasteiger partial charge in [0.2, 0.25) is 11.8 Å². The highest BCUT2D eigenvalue weighted by Gasteiger charge is 2.33. The Hall–Kier alpha value is -1.31. The highest BCUT2D eigenvalue weighted by molar-refractivity contribution is 5.84. The normalized spacial score (nSPS) is 13.0. The number of carbonyl (C=O) groups is 2. The van der Waals surface area contributed by atoms with Crippen molar-refractivity contribution in [3.05, 3.63) is 0 Å². The van der Waals surface area contributed by atoms with E-state index in [1.807, 2.05) is 0 Å². The molecule has 0 aliphatic heterocycles. The molecule has 1 atom stereocenters. The van der Waals surface area contributed by atoms with Crippen LogP contribution in [0, 0.1) is 0 Å². The van der Waals surface area contributed by atoms with Gasteiger partial charge in [-0.25, -0.2) is 0 Å². The van der Waals surface area contributed by atoms with Crippen molar-refractivity contribution in [1.29, 1.82) is 0 Å². The molecule has 0 saturated carbocycles. The zero-order valence-corrected chi connectivity index (χ0v) is 11.3. The number of carbonyl (C=O) groups excluding carboxylic acids is 2. The van der Waals surface area contributed by atoms with Crippen molar-refractivity contribution in [1.82, 2.24) is 9.80 Å². The second-order valence-electron chi connectivity index (χ2n) is 4.67. The fourth-order valence-corrected chi connectivity index (χ4v) is 1.26. The van der Waals surface area contributed by atoms with Gasteiger partial charge >= 0.3 is 6.18 Å². The molecule has 1 unspecified atom stereocenters. The average Bonchev–Trinajstić information content (AvgIpc) is 2.22. The molecular formula is C11H20F3N3O2. The smallest absolute Gasteiger partial charge is 0.347 e. The first-order valence-corrected chi connectivity index (χ1v) is 5.83. The third-order valence-electron chi connectivity index (χ3n) is 2.36. The van der Waals surface area contributed by atoms with E-state index >= 15 is 0 Å². The van der Waals surface area contributed by atoms with E-state index in [-0.39, 0.29) is 18.9 Å². The van der Waals surface area contributed by atoms with E-state index < -0.39 is 31.1 Å². The maximum absolute atomic E-state index is 12.4. The summed E-state index contributed by atoms with van der Waals surface area (Å²) < 4.78 is 37.1. The minimum absolute atomic E-state index is 0.103. The van der Waals surface area contributed by atoms with Gasteiger partial charge in [0, 0.05) is 26.6 Å². The van der Waals surface area contributed by atoms with Gasteiger partial charge in [-0.15, -0.1) is 0 Å². The maximum Gasteiger partial charge on any atom is 0.406 e. The summed E-state index contributed by atoms with van der Waals surface area (Å²) in [5.41, 5.74) is 5.45. The minimum Gasteiger partial charge on any atom is -0.347 e. The summed E-state index contributed by atoms with van der Waals surface area (Å²) in [5.74, 6) is -1.27. The summed E-state index contributed by atoms with van der Waals surface area (Å²) in [4.78, 5) is 24.8. The SMILES string of the molecule is CC(N)CCC(=O)N(CC(=O)N(C)C)CC(F)(F)F. The van der Waals surface area contributed by atoms with E-state index in [4.69, 9.17) is 5.73 Å². The number of hydrogen-bond donors (Lipinski definition) is 1. The number of halogens is 3. The molecule has 0 radical (unpaired) electrons. The first-order chi connectivity index (χ1) is 8.53. The minimum atomic E-state index is -4.53. The Balaban J connectivity index is 4.66. The highest BCUT2D eigenvalue weighted by atomic mass is 19.4. The largest absolute Gasteiger partial charge is 0.406 e. The molecule has 8 heteroatoms. The molecule has 0 aromatic heterocycles. The summed E-state index contributed by atoms with van der Waals surface area (Å²) in [6, 6.07) is -0.277. The number of amides is 2. The fourth-order valence-electron chi connectivity index (χ4n) is 1.26. The van der Waals surface area contributed by atoms with Gasteiger partial charge in [0.25, 0.3) is 0 Å². The Bertz CT molecular complexity index is 317. The van der Waals surface area contributed by atoms with E-state index in [2.05, 4.69) is 0 Å². The van der Waals surface area contributed by atoms with Crippen LogP contribution >= 0.6 is 0 Å². The van der Waals surface area contributed by atoms with Crippen LogP contribution in [0.4, 0.5) is 13.2 Å². The molecule has 0 aromatic carbocycles. The monoisotopic (exact) mass is 283 g/mol. The molecular weight excluding hydrogens is 263 g/mol. The second-order valence-corrected chi connectivity index (χ2v) is 4.67. The molecule has 0 aromatic rings. The summed E-state index contributed by atoms with van der Waals surface area (Å²) >= 11 is 0. The molecule has 5 nitrogen and oxygen atoms in total. The summed E-state index contributed by atoms with van der Waals surface area (Å²) in [5, 5.41) is 0. The van der Waals surface area contributed by atoms with Crippen LogP contribution < -0.4 is 5.73 Å². The molecule has 0 saturated heterocycles. The molecule has 0 heterocycles. The molecule has 2 N–H and O–H groups in total. The van der Waals surface area contributed by atoms with Gasteiger partial charge in [0.15, 0.2) is 0 Å². The van der Waals surface area contributed by atoms with Crippen LogP contribution in [-0.2, 0) is 9.59 Å². The summed E-state index contributed by atoms with van der Waals surface area (Å²) in [7, 11) is 2.83.